The minimum absolute atomic E-state index is 0.322. The van der Waals surface area contributed by atoms with Crippen molar-refractivity contribution in [3.63, 3.8) is 0 Å². The molecule has 106 valence electrons. The fourth-order valence-electron chi connectivity index (χ4n) is 2.60. The van der Waals surface area contributed by atoms with Crippen LogP contribution in [0.1, 0.15) is 60.9 Å². The van der Waals surface area contributed by atoms with E-state index in [-0.39, 0.29) is 0 Å². The number of ketones is 2. The number of aryl methyl sites for hydroxylation is 1. The van der Waals surface area contributed by atoms with Crippen LogP contribution in [0.25, 0.3) is 0 Å². The first-order chi connectivity index (χ1) is 9.77. The van der Waals surface area contributed by atoms with E-state index in [2.05, 4.69) is 18.2 Å². The van der Waals surface area contributed by atoms with Gasteiger partial charge in [-0.25, -0.2) is 0 Å². The van der Waals surface area contributed by atoms with E-state index in [4.69, 9.17) is 0 Å². The molecule has 1 aromatic carbocycles. The van der Waals surface area contributed by atoms with Crippen LogP contribution in [0.15, 0.2) is 36.4 Å². The molecule has 3 rings (SSSR count). The molecule has 0 N–H and O–H groups in total. The van der Waals surface area contributed by atoms with Gasteiger partial charge in [-0.2, -0.15) is 0 Å². The predicted octanol–water partition coefficient (Wildman–Crippen LogP) is 4.28. The largest absolute Gasteiger partial charge is 0.300 e. The Hall–Kier alpha value is -1.70. The molecule has 0 saturated carbocycles. The standard InChI is InChI=1S/C11H12O.C7H10O/c12-11-8-4-2-6-9-5-1-3-7-10(9)11;8-7-5-3-1-2-4-6-7/h1,3,5,7H,2,4,6,8H2;1-2H,3-6H2. The number of fused-ring (bicyclic) bond motifs is 1. The van der Waals surface area contributed by atoms with Gasteiger partial charge in [-0.15, -0.1) is 0 Å². The second kappa shape index (κ2) is 7.78. The third-order valence-corrected chi connectivity index (χ3v) is 3.76. The number of allylic oxidation sites excluding steroid dienone is 2. The number of carbonyl (C=O) groups is 2. The topological polar surface area (TPSA) is 34.1 Å². The average Bonchev–Trinajstić information content (AvgIpc) is 2.81. The Morgan fingerprint density at radius 2 is 1.40 bits per heavy atom. The van der Waals surface area contributed by atoms with Crippen LogP contribution in [-0.2, 0) is 11.2 Å². The lowest BCUT2D eigenvalue weighted by atomic mass is 10.0. The van der Waals surface area contributed by atoms with Gasteiger partial charge in [-0.3, -0.25) is 9.59 Å². The lowest BCUT2D eigenvalue weighted by molar-refractivity contribution is -0.118. The second-order valence-electron chi connectivity index (χ2n) is 5.37. The molecule has 0 radical (unpaired) electrons. The van der Waals surface area contributed by atoms with Gasteiger partial charge in [0.2, 0.25) is 0 Å². The Morgan fingerprint density at radius 1 is 0.750 bits per heavy atom. The molecular formula is C18H22O2. The molecule has 0 saturated heterocycles. The average molecular weight is 270 g/mol. The number of carbonyl (C=O) groups excluding carboxylic acids is 2. The summed E-state index contributed by atoms with van der Waals surface area (Å²) in [4.78, 5) is 22.1. The van der Waals surface area contributed by atoms with E-state index in [0.717, 1.165) is 56.9 Å². The third kappa shape index (κ3) is 4.44. The number of benzene rings is 1. The highest BCUT2D eigenvalue weighted by atomic mass is 16.1. The van der Waals surface area contributed by atoms with E-state index >= 15 is 0 Å². The van der Waals surface area contributed by atoms with Gasteiger partial charge in [0.05, 0.1) is 0 Å². The maximum Gasteiger partial charge on any atom is 0.163 e. The van der Waals surface area contributed by atoms with Crippen LogP contribution in [0.3, 0.4) is 0 Å². The molecule has 0 atom stereocenters. The molecule has 0 aliphatic heterocycles. The van der Waals surface area contributed by atoms with Crippen LogP contribution in [0.5, 0.6) is 0 Å². The van der Waals surface area contributed by atoms with Gasteiger partial charge in [0.15, 0.2) is 5.78 Å². The Bertz CT molecular complexity index is 488. The molecule has 0 aromatic heterocycles. The molecule has 0 bridgehead atoms. The molecule has 0 amide bonds. The molecule has 0 spiro atoms. The smallest absolute Gasteiger partial charge is 0.163 e. The molecule has 1 aromatic rings. The van der Waals surface area contributed by atoms with Crippen LogP contribution >= 0.6 is 0 Å². The first-order valence-electron chi connectivity index (χ1n) is 7.55. The third-order valence-electron chi connectivity index (χ3n) is 3.76. The summed E-state index contributed by atoms with van der Waals surface area (Å²) in [7, 11) is 0. The molecule has 2 aliphatic rings. The molecule has 0 unspecified atom stereocenters. The van der Waals surface area contributed by atoms with E-state index in [1.54, 1.807) is 0 Å². The summed E-state index contributed by atoms with van der Waals surface area (Å²) >= 11 is 0. The zero-order valence-electron chi connectivity index (χ0n) is 11.9. The van der Waals surface area contributed by atoms with Gasteiger partial charge in [0.1, 0.15) is 5.78 Å². The van der Waals surface area contributed by atoms with Crippen molar-refractivity contribution in [1.29, 1.82) is 0 Å². The highest BCUT2D eigenvalue weighted by molar-refractivity contribution is 5.97. The number of hydrogen-bond donors (Lipinski definition) is 0. The summed E-state index contributed by atoms with van der Waals surface area (Å²) in [5, 5.41) is 0. The van der Waals surface area contributed by atoms with E-state index in [1.165, 1.54) is 5.56 Å². The van der Waals surface area contributed by atoms with Crippen molar-refractivity contribution in [1.82, 2.24) is 0 Å². The van der Waals surface area contributed by atoms with E-state index in [9.17, 15) is 9.59 Å². The van der Waals surface area contributed by atoms with Crippen molar-refractivity contribution in [2.75, 3.05) is 0 Å². The van der Waals surface area contributed by atoms with E-state index in [1.807, 2.05) is 18.2 Å². The highest BCUT2D eigenvalue weighted by Gasteiger charge is 2.13. The van der Waals surface area contributed by atoms with Gasteiger partial charge in [-0.05, 0) is 37.7 Å². The molecular weight excluding hydrogens is 248 g/mol. The minimum atomic E-state index is 0.322. The van der Waals surface area contributed by atoms with Crippen molar-refractivity contribution in [3.8, 4) is 0 Å². The zero-order chi connectivity index (χ0) is 14.2. The van der Waals surface area contributed by atoms with E-state index in [0.29, 0.717) is 11.6 Å². The summed E-state index contributed by atoms with van der Waals surface area (Å²) in [6.07, 6.45) is 11.6. The van der Waals surface area contributed by atoms with Crippen LogP contribution in [0.4, 0.5) is 0 Å². The normalized spacial score (nSPS) is 18.4. The summed E-state index contributed by atoms with van der Waals surface area (Å²) < 4.78 is 0. The van der Waals surface area contributed by atoms with Gasteiger partial charge >= 0.3 is 0 Å². The van der Waals surface area contributed by atoms with E-state index < -0.39 is 0 Å². The SMILES string of the molecule is O=C1CCC=CCC1.O=C1CCCCc2ccccc21. The Labute approximate surface area is 120 Å². The molecule has 2 nitrogen and oxygen atoms in total. The van der Waals surface area contributed by atoms with Gasteiger partial charge in [0, 0.05) is 24.8 Å². The lowest BCUT2D eigenvalue weighted by Gasteiger charge is -2.01. The van der Waals surface area contributed by atoms with Crippen molar-refractivity contribution in [2.45, 2.75) is 51.4 Å². The maximum absolute atomic E-state index is 11.5. The molecule has 0 heterocycles. The molecule has 2 aliphatic carbocycles. The summed E-state index contributed by atoms with van der Waals surface area (Å²) in [6, 6.07) is 7.97. The number of rotatable bonds is 0. The summed E-state index contributed by atoms with van der Waals surface area (Å²) in [5.41, 5.74) is 2.19. The molecule has 0 fully saturated rings. The van der Waals surface area contributed by atoms with Gasteiger partial charge in [-0.1, -0.05) is 36.4 Å². The molecule has 2 heteroatoms. The van der Waals surface area contributed by atoms with Crippen molar-refractivity contribution in [3.05, 3.63) is 47.5 Å². The van der Waals surface area contributed by atoms with Crippen LogP contribution in [0, 0.1) is 0 Å². The Kier molecular flexibility index (Phi) is 5.72. The van der Waals surface area contributed by atoms with Crippen molar-refractivity contribution < 1.29 is 9.59 Å². The van der Waals surface area contributed by atoms with Crippen LogP contribution in [-0.4, -0.2) is 11.6 Å². The number of Topliss-reactive ketones (excluding diaryl/α,β-unsaturated/α-hetero) is 2. The van der Waals surface area contributed by atoms with Crippen molar-refractivity contribution in [2.24, 2.45) is 0 Å². The quantitative estimate of drug-likeness (QED) is 0.521. The van der Waals surface area contributed by atoms with Crippen LogP contribution in [0.2, 0.25) is 0 Å². The molecule has 20 heavy (non-hydrogen) atoms. The Morgan fingerprint density at radius 3 is 2.15 bits per heavy atom. The Balaban J connectivity index is 0.000000160. The highest BCUT2D eigenvalue weighted by Crippen LogP contribution is 2.19. The monoisotopic (exact) mass is 270 g/mol. The first-order valence-corrected chi connectivity index (χ1v) is 7.55. The second-order valence-corrected chi connectivity index (χ2v) is 5.37. The fourth-order valence-corrected chi connectivity index (χ4v) is 2.60. The predicted molar refractivity (Wildman–Crippen MR) is 80.9 cm³/mol. The fraction of sp³-hybridized carbons (Fsp3) is 0.444. The summed E-state index contributed by atoms with van der Waals surface area (Å²) in [5.74, 6) is 0.734. The maximum atomic E-state index is 11.5. The van der Waals surface area contributed by atoms with Crippen LogP contribution < -0.4 is 0 Å². The van der Waals surface area contributed by atoms with Gasteiger partial charge in [0.25, 0.3) is 0 Å². The summed E-state index contributed by atoms with van der Waals surface area (Å²) in [6.45, 7) is 0. The van der Waals surface area contributed by atoms with Crippen molar-refractivity contribution >= 4 is 11.6 Å². The number of hydrogen-bond acceptors (Lipinski definition) is 2. The van der Waals surface area contributed by atoms with Gasteiger partial charge < -0.3 is 0 Å². The minimum Gasteiger partial charge on any atom is -0.300 e. The lowest BCUT2D eigenvalue weighted by Crippen LogP contribution is -1.98. The zero-order valence-corrected chi connectivity index (χ0v) is 11.9. The first kappa shape index (κ1) is 14.7.